The maximum Gasteiger partial charge on any atom is 0.167 e. The molecule has 0 saturated heterocycles. The number of allylic oxidation sites excluding steroid dienone is 2. The van der Waals surface area contributed by atoms with Crippen LogP contribution in [0.5, 0.6) is 23.0 Å². The van der Waals surface area contributed by atoms with Crippen molar-refractivity contribution in [1.82, 2.24) is 0 Å². The molecule has 0 heterocycles. The highest BCUT2D eigenvalue weighted by atomic mass is 16.5. The minimum atomic E-state index is 0.146. The third-order valence-corrected chi connectivity index (χ3v) is 3.78. The molecule has 0 bridgehead atoms. The molecule has 0 spiro atoms. The van der Waals surface area contributed by atoms with Crippen LogP contribution in [0.15, 0.2) is 48.6 Å². The fourth-order valence-electron chi connectivity index (χ4n) is 2.49. The van der Waals surface area contributed by atoms with Crippen LogP contribution in [-0.4, -0.2) is 24.4 Å². The Kier molecular flexibility index (Phi) is 6.96. The highest BCUT2D eigenvalue weighted by Crippen LogP contribution is 2.30. The topological polar surface area (TPSA) is 58.9 Å². The van der Waals surface area contributed by atoms with Crippen LogP contribution in [0.3, 0.4) is 0 Å². The number of hydrogen-bond acceptors (Lipinski definition) is 4. The molecule has 0 aromatic heterocycles. The van der Waals surface area contributed by atoms with Crippen molar-refractivity contribution in [3.63, 3.8) is 0 Å². The Morgan fingerprint density at radius 3 is 2.32 bits per heavy atom. The fraction of sp³-hybridized carbons (Fsp3) is 0.238. The van der Waals surface area contributed by atoms with Crippen LogP contribution in [0, 0.1) is 0 Å². The number of ether oxygens (including phenoxy) is 2. The van der Waals surface area contributed by atoms with Crippen molar-refractivity contribution in [2.45, 2.75) is 19.3 Å². The molecular weight excluding hydrogens is 316 g/mol. The second-order valence-corrected chi connectivity index (χ2v) is 5.57. The highest BCUT2D eigenvalue weighted by Gasteiger charge is 2.04. The van der Waals surface area contributed by atoms with Crippen molar-refractivity contribution in [2.75, 3.05) is 14.2 Å². The molecule has 132 valence electrons. The normalized spacial score (nSPS) is 11.3. The summed E-state index contributed by atoms with van der Waals surface area (Å²) in [6.45, 7) is 0. The van der Waals surface area contributed by atoms with Gasteiger partial charge in [0.2, 0.25) is 0 Å². The predicted molar refractivity (Wildman–Crippen MR) is 101 cm³/mol. The van der Waals surface area contributed by atoms with Crippen LogP contribution in [0.25, 0.3) is 12.2 Å². The molecule has 0 saturated carbocycles. The predicted octanol–water partition coefficient (Wildman–Crippen LogP) is 5.01. The van der Waals surface area contributed by atoms with Crippen LogP contribution in [-0.2, 0) is 0 Å². The fourth-order valence-corrected chi connectivity index (χ4v) is 2.49. The van der Waals surface area contributed by atoms with Gasteiger partial charge in [0.25, 0.3) is 0 Å². The molecule has 0 amide bonds. The minimum absolute atomic E-state index is 0.146. The SMILES string of the molecule is COc1ccc(/C=C/CCC/C=C/c2cccc(O)c2OC)cc1O. The van der Waals surface area contributed by atoms with Crippen molar-refractivity contribution in [1.29, 1.82) is 0 Å². The average Bonchev–Trinajstić information content (AvgIpc) is 2.61. The molecule has 0 aliphatic rings. The first-order chi connectivity index (χ1) is 12.2. The number of para-hydroxylation sites is 1. The first-order valence-electron chi connectivity index (χ1n) is 8.21. The van der Waals surface area contributed by atoms with Crippen LogP contribution in [0.1, 0.15) is 30.4 Å². The van der Waals surface area contributed by atoms with E-state index in [4.69, 9.17) is 9.47 Å². The molecule has 0 aliphatic carbocycles. The smallest absolute Gasteiger partial charge is 0.167 e. The number of phenols is 2. The van der Waals surface area contributed by atoms with Crippen molar-refractivity contribution in [3.05, 3.63) is 59.7 Å². The molecule has 2 aromatic carbocycles. The van der Waals surface area contributed by atoms with Crippen LogP contribution in [0.4, 0.5) is 0 Å². The van der Waals surface area contributed by atoms with E-state index in [1.54, 1.807) is 31.4 Å². The quantitative estimate of drug-likeness (QED) is 0.663. The van der Waals surface area contributed by atoms with Gasteiger partial charge in [-0.05, 0) is 43.0 Å². The third-order valence-electron chi connectivity index (χ3n) is 3.78. The van der Waals surface area contributed by atoms with E-state index >= 15 is 0 Å². The third kappa shape index (κ3) is 5.31. The van der Waals surface area contributed by atoms with Gasteiger partial charge in [-0.15, -0.1) is 0 Å². The lowest BCUT2D eigenvalue weighted by molar-refractivity contribution is 0.372. The lowest BCUT2D eigenvalue weighted by atomic mass is 10.1. The van der Waals surface area contributed by atoms with Crippen molar-refractivity contribution in [3.8, 4) is 23.0 Å². The second-order valence-electron chi connectivity index (χ2n) is 5.57. The number of aromatic hydroxyl groups is 2. The molecule has 0 atom stereocenters. The Balaban J connectivity index is 1.80. The van der Waals surface area contributed by atoms with Gasteiger partial charge in [-0.1, -0.05) is 42.5 Å². The first-order valence-corrected chi connectivity index (χ1v) is 8.21. The Bertz CT molecular complexity index is 748. The molecule has 4 heteroatoms. The molecule has 0 unspecified atom stereocenters. The van der Waals surface area contributed by atoms with Gasteiger partial charge in [0.15, 0.2) is 23.0 Å². The van der Waals surface area contributed by atoms with E-state index in [0.717, 1.165) is 30.4 Å². The van der Waals surface area contributed by atoms with Gasteiger partial charge in [-0.25, -0.2) is 0 Å². The Morgan fingerprint density at radius 1 is 0.880 bits per heavy atom. The van der Waals surface area contributed by atoms with E-state index in [9.17, 15) is 10.2 Å². The zero-order valence-corrected chi connectivity index (χ0v) is 14.6. The van der Waals surface area contributed by atoms with Crippen molar-refractivity contribution in [2.24, 2.45) is 0 Å². The molecular formula is C21H24O4. The summed E-state index contributed by atoms with van der Waals surface area (Å²) in [6, 6.07) is 10.7. The lowest BCUT2D eigenvalue weighted by Crippen LogP contribution is -1.87. The van der Waals surface area contributed by atoms with E-state index < -0.39 is 0 Å². The lowest BCUT2D eigenvalue weighted by Gasteiger charge is -2.06. The van der Waals surface area contributed by atoms with Gasteiger partial charge in [0.05, 0.1) is 14.2 Å². The zero-order valence-electron chi connectivity index (χ0n) is 14.6. The van der Waals surface area contributed by atoms with Gasteiger partial charge < -0.3 is 19.7 Å². The molecule has 0 aliphatic heterocycles. The van der Waals surface area contributed by atoms with Crippen LogP contribution >= 0.6 is 0 Å². The molecule has 2 rings (SSSR count). The largest absolute Gasteiger partial charge is 0.504 e. The van der Waals surface area contributed by atoms with Gasteiger partial charge in [-0.3, -0.25) is 0 Å². The zero-order chi connectivity index (χ0) is 18.1. The monoisotopic (exact) mass is 340 g/mol. The molecule has 2 N–H and O–H groups in total. The van der Waals surface area contributed by atoms with Gasteiger partial charge in [0.1, 0.15) is 0 Å². The summed E-state index contributed by atoms with van der Waals surface area (Å²) in [6.07, 6.45) is 11.0. The number of methoxy groups -OCH3 is 2. The number of rotatable bonds is 8. The van der Waals surface area contributed by atoms with E-state index in [2.05, 4.69) is 12.2 Å². The average molecular weight is 340 g/mol. The number of benzene rings is 2. The standard InChI is InChI=1S/C21H24O4/c1-24-20-14-13-16(15-19(20)23)9-6-4-3-5-7-10-17-11-8-12-18(22)21(17)25-2/h6-15,22-23H,3-5H2,1-2H3/b9-6+,10-7+. The molecule has 0 radical (unpaired) electrons. The second kappa shape index (κ2) is 9.42. The van der Waals surface area contributed by atoms with Crippen molar-refractivity contribution >= 4 is 12.2 Å². The maximum absolute atomic E-state index is 9.74. The van der Waals surface area contributed by atoms with Gasteiger partial charge in [0, 0.05) is 5.56 Å². The molecule has 0 fully saturated rings. The summed E-state index contributed by atoms with van der Waals surface area (Å²) in [5.74, 6) is 1.27. The molecule has 4 nitrogen and oxygen atoms in total. The summed E-state index contributed by atoms with van der Waals surface area (Å²) < 4.78 is 10.2. The summed E-state index contributed by atoms with van der Waals surface area (Å²) in [4.78, 5) is 0. The van der Waals surface area contributed by atoms with E-state index in [-0.39, 0.29) is 11.5 Å². The summed E-state index contributed by atoms with van der Waals surface area (Å²) in [5, 5.41) is 19.5. The summed E-state index contributed by atoms with van der Waals surface area (Å²) in [5.41, 5.74) is 1.81. The Morgan fingerprint density at radius 2 is 1.64 bits per heavy atom. The molecule has 2 aromatic rings. The Labute approximate surface area is 148 Å². The highest BCUT2D eigenvalue weighted by molar-refractivity contribution is 5.61. The van der Waals surface area contributed by atoms with E-state index in [1.165, 1.54) is 7.11 Å². The van der Waals surface area contributed by atoms with Gasteiger partial charge >= 0.3 is 0 Å². The summed E-state index contributed by atoms with van der Waals surface area (Å²) in [7, 11) is 3.08. The van der Waals surface area contributed by atoms with Crippen LogP contribution in [0.2, 0.25) is 0 Å². The Hall–Kier alpha value is -2.88. The van der Waals surface area contributed by atoms with E-state index in [1.807, 2.05) is 24.3 Å². The molecule has 25 heavy (non-hydrogen) atoms. The number of phenolic OH excluding ortho intramolecular Hbond substituents is 2. The summed E-state index contributed by atoms with van der Waals surface area (Å²) >= 11 is 0. The van der Waals surface area contributed by atoms with E-state index in [0.29, 0.717) is 11.5 Å². The maximum atomic E-state index is 9.74. The number of hydrogen-bond donors (Lipinski definition) is 2. The van der Waals surface area contributed by atoms with Crippen molar-refractivity contribution < 1.29 is 19.7 Å². The first kappa shape index (κ1) is 18.5. The van der Waals surface area contributed by atoms with Crippen LogP contribution < -0.4 is 9.47 Å². The van der Waals surface area contributed by atoms with Gasteiger partial charge in [-0.2, -0.15) is 0 Å². The number of unbranched alkanes of at least 4 members (excludes halogenated alkanes) is 2. The minimum Gasteiger partial charge on any atom is -0.504 e.